The number of anilines is 1. The molecule has 0 aromatic carbocycles. The summed E-state index contributed by atoms with van der Waals surface area (Å²) in [6.07, 6.45) is 1.30. The van der Waals surface area contributed by atoms with Crippen LogP contribution in [-0.2, 0) is 6.54 Å². The third kappa shape index (κ3) is 4.21. The number of hydrogen-bond acceptors (Lipinski definition) is 4. The SMILES string of the molecule is CCNc1cccc(CN2CCCSCC2)n1. The Kier molecular flexibility index (Phi) is 5.13. The fourth-order valence-corrected chi connectivity index (χ4v) is 2.96. The van der Waals surface area contributed by atoms with E-state index >= 15 is 0 Å². The maximum atomic E-state index is 4.63. The van der Waals surface area contributed by atoms with Crippen molar-refractivity contribution in [2.24, 2.45) is 0 Å². The lowest BCUT2D eigenvalue weighted by atomic mass is 10.3. The van der Waals surface area contributed by atoms with Crippen molar-refractivity contribution in [3.05, 3.63) is 23.9 Å². The Hall–Kier alpha value is -0.740. The Bertz CT molecular complexity index is 335. The average Bonchev–Trinajstić information content (AvgIpc) is 2.59. The summed E-state index contributed by atoms with van der Waals surface area (Å²) in [4.78, 5) is 7.14. The summed E-state index contributed by atoms with van der Waals surface area (Å²) in [6, 6.07) is 6.25. The number of nitrogens with one attached hydrogen (secondary N) is 1. The Labute approximate surface area is 108 Å². The van der Waals surface area contributed by atoms with Crippen molar-refractivity contribution in [2.75, 3.05) is 36.5 Å². The second kappa shape index (κ2) is 6.87. The van der Waals surface area contributed by atoms with Crippen LogP contribution < -0.4 is 5.32 Å². The molecule has 1 aliphatic rings. The molecule has 0 radical (unpaired) electrons. The molecule has 0 aliphatic carbocycles. The molecule has 1 N–H and O–H groups in total. The first-order valence-corrected chi connectivity index (χ1v) is 7.54. The molecule has 0 bridgehead atoms. The number of hydrogen-bond donors (Lipinski definition) is 1. The average molecular weight is 251 g/mol. The lowest BCUT2D eigenvalue weighted by Gasteiger charge is -2.19. The second-order valence-electron chi connectivity index (χ2n) is 4.29. The van der Waals surface area contributed by atoms with Crippen LogP contribution in [-0.4, -0.2) is 41.0 Å². The molecule has 0 unspecified atom stereocenters. The summed E-state index contributed by atoms with van der Waals surface area (Å²) in [5.41, 5.74) is 1.18. The molecule has 0 amide bonds. The summed E-state index contributed by atoms with van der Waals surface area (Å²) in [7, 11) is 0. The first-order chi connectivity index (χ1) is 8.38. The first-order valence-electron chi connectivity index (χ1n) is 6.38. The third-order valence-corrected chi connectivity index (χ3v) is 3.91. The van der Waals surface area contributed by atoms with E-state index in [9.17, 15) is 0 Å². The van der Waals surface area contributed by atoms with Crippen LogP contribution in [0.25, 0.3) is 0 Å². The fraction of sp³-hybridized carbons (Fsp3) is 0.615. The maximum absolute atomic E-state index is 4.63. The predicted octanol–water partition coefficient (Wildman–Crippen LogP) is 2.45. The number of pyridine rings is 1. The maximum Gasteiger partial charge on any atom is 0.126 e. The molecule has 1 aromatic rings. The van der Waals surface area contributed by atoms with Crippen LogP contribution >= 0.6 is 11.8 Å². The zero-order chi connectivity index (χ0) is 11.9. The quantitative estimate of drug-likeness (QED) is 0.890. The second-order valence-corrected chi connectivity index (χ2v) is 5.51. The van der Waals surface area contributed by atoms with E-state index in [1.54, 1.807) is 0 Å². The van der Waals surface area contributed by atoms with Crippen molar-refractivity contribution in [1.29, 1.82) is 0 Å². The van der Waals surface area contributed by atoms with Gasteiger partial charge in [-0.2, -0.15) is 11.8 Å². The smallest absolute Gasteiger partial charge is 0.126 e. The molecule has 94 valence electrons. The number of aromatic nitrogens is 1. The highest BCUT2D eigenvalue weighted by Gasteiger charge is 2.10. The molecular formula is C13H21N3S. The Balaban J connectivity index is 1.94. The van der Waals surface area contributed by atoms with Gasteiger partial charge in [0, 0.05) is 25.4 Å². The highest BCUT2D eigenvalue weighted by molar-refractivity contribution is 7.99. The van der Waals surface area contributed by atoms with E-state index < -0.39 is 0 Å². The molecule has 0 atom stereocenters. The van der Waals surface area contributed by atoms with E-state index in [0.29, 0.717) is 0 Å². The van der Waals surface area contributed by atoms with Gasteiger partial charge in [0.25, 0.3) is 0 Å². The van der Waals surface area contributed by atoms with Gasteiger partial charge in [0.1, 0.15) is 5.82 Å². The molecular weight excluding hydrogens is 230 g/mol. The normalized spacial score (nSPS) is 17.7. The van der Waals surface area contributed by atoms with Gasteiger partial charge in [0.05, 0.1) is 5.69 Å². The molecule has 2 rings (SSSR count). The summed E-state index contributed by atoms with van der Waals surface area (Å²) >= 11 is 2.07. The minimum atomic E-state index is 0.927. The summed E-state index contributed by atoms with van der Waals surface area (Å²) in [5, 5.41) is 3.26. The topological polar surface area (TPSA) is 28.2 Å². The van der Waals surface area contributed by atoms with E-state index in [-0.39, 0.29) is 0 Å². The molecule has 0 saturated carbocycles. The molecule has 17 heavy (non-hydrogen) atoms. The van der Waals surface area contributed by atoms with Crippen LogP contribution in [0, 0.1) is 0 Å². The molecule has 1 aromatic heterocycles. The van der Waals surface area contributed by atoms with Crippen molar-refractivity contribution in [3.63, 3.8) is 0 Å². The number of rotatable bonds is 4. The van der Waals surface area contributed by atoms with Gasteiger partial charge in [0.15, 0.2) is 0 Å². The lowest BCUT2D eigenvalue weighted by Crippen LogP contribution is -2.26. The van der Waals surface area contributed by atoms with Crippen LogP contribution in [0.4, 0.5) is 5.82 Å². The lowest BCUT2D eigenvalue weighted by molar-refractivity contribution is 0.284. The fourth-order valence-electron chi connectivity index (χ4n) is 2.03. The molecule has 3 nitrogen and oxygen atoms in total. The van der Waals surface area contributed by atoms with Gasteiger partial charge in [-0.15, -0.1) is 0 Å². The van der Waals surface area contributed by atoms with E-state index in [4.69, 9.17) is 0 Å². The summed E-state index contributed by atoms with van der Waals surface area (Å²) in [6.45, 7) is 6.41. The highest BCUT2D eigenvalue weighted by atomic mass is 32.2. The number of nitrogens with zero attached hydrogens (tertiary/aromatic N) is 2. The van der Waals surface area contributed by atoms with Crippen molar-refractivity contribution in [3.8, 4) is 0 Å². The van der Waals surface area contributed by atoms with Crippen LogP contribution in [0.3, 0.4) is 0 Å². The Morgan fingerprint density at radius 1 is 1.35 bits per heavy atom. The first kappa shape index (κ1) is 12.7. The minimum absolute atomic E-state index is 0.927. The summed E-state index contributed by atoms with van der Waals surface area (Å²) in [5.74, 6) is 3.56. The van der Waals surface area contributed by atoms with Crippen molar-refractivity contribution in [1.82, 2.24) is 9.88 Å². The standard InChI is InChI=1S/C13H21N3S/c1-2-14-13-6-3-5-12(15-13)11-16-7-4-9-17-10-8-16/h3,5-6H,2,4,7-11H2,1H3,(H,14,15). The van der Waals surface area contributed by atoms with Crippen LogP contribution in [0.5, 0.6) is 0 Å². The van der Waals surface area contributed by atoms with Gasteiger partial charge in [-0.3, -0.25) is 4.90 Å². The van der Waals surface area contributed by atoms with Gasteiger partial charge in [-0.25, -0.2) is 4.98 Å². The van der Waals surface area contributed by atoms with Crippen LogP contribution in [0.15, 0.2) is 18.2 Å². The third-order valence-electron chi connectivity index (χ3n) is 2.87. The zero-order valence-corrected chi connectivity index (χ0v) is 11.3. The van der Waals surface area contributed by atoms with E-state index in [2.05, 4.69) is 46.0 Å². The van der Waals surface area contributed by atoms with Crippen molar-refractivity contribution in [2.45, 2.75) is 19.9 Å². The van der Waals surface area contributed by atoms with E-state index in [1.807, 2.05) is 6.07 Å². The zero-order valence-electron chi connectivity index (χ0n) is 10.5. The highest BCUT2D eigenvalue weighted by Crippen LogP contribution is 2.13. The van der Waals surface area contributed by atoms with Crippen molar-refractivity contribution >= 4 is 17.6 Å². The minimum Gasteiger partial charge on any atom is -0.370 e. The van der Waals surface area contributed by atoms with Gasteiger partial charge in [0.2, 0.25) is 0 Å². The van der Waals surface area contributed by atoms with Gasteiger partial charge in [-0.1, -0.05) is 6.07 Å². The van der Waals surface area contributed by atoms with Crippen LogP contribution in [0.2, 0.25) is 0 Å². The van der Waals surface area contributed by atoms with Crippen LogP contribution in [0.1, 0.15) is 19.0 Å². The number of thioether (sulfide) groups is 1. The molecule has 1 aliphatic heterocycles. The molecule has 2 heterocycles. The largest absolute Gasteiger partial charge is 0.370 e. The van der Waals surface area contributed by atoms with E-state index in [1.165, 1.54) is 36.7 Å². The monoisotopic (exact) mass is 251 g/mol. The predicted molar refractivity (Wildman–Crippen MR) is 75.6 cm³/mol. The van der Waals surface area contributed by atoms with Crippen molar-refractivity contribution < 1.29 is 0 Å². The Morgan fingerprint density at radius 3 is 3.18 bits per heavy atom. The van der Waals surface area contributed by atoms with E-state index in [0.717, 1.165) is 18.9 Å². The molecule has 4 heteroatoms. The van der Waals surface area contributed by atoms with Gasteiger partial charge in [-0.05, 0) is 37.8 Å². The Morgan fingerprint density at radius 2 is 2.29 bits per heavy atom. The van der Waals surface area contributed by atoms with Gasteiger partial charge < -0.3 is 5.32 Å². The molecule has 0 spiro atoms. The molecule has 1 saturated heterocycles. The molecule has 1 fully saturated rings. The summed E-state index contributed by atoms with van der Waals surface area (Å²) < 4.78 is 0. The van der Waals surface area contributed by atoms with Gasteiger partial charge >= 0.3 is 0 Å².